The number of carbonyl (C=O) groups excluding carboxylic acids is 1. The van der Waals surface area contributed by atoms with E-state index in [1.54, 1.807) is 0 Å². The van der Waals surface area contributed by atoms with E-state index >= 15 is 0 Å². The second-order valence-corrected chi connectivity index (χ2v) is 9.37. The summed E-state index contributed by atoms with van der Waals surface area (Å²) in [7, 11) is 0. The molecule has 0 aromatic carbocycles. The number of hydrogen-bond acceptors (Lipinski definition) is 2. The Balaban J connectivity index is 1.61. The van der Waals surface area contributed by atoms with E-state index in [0.717, 1.165) is 44.4 Å². The Bertz CT molecular complexity index is 646. The van der Waals surface area contributed by atoms with Crippen LogP contribution in [0, 0.1) is 34.5 Å². The van der Waals surface area contributed by atoms with Gasteiger partial charge in [-0.05, 0) is 68.3 Å². The van der Waals surface area contributed by atoms with Gasteiger partial charge < -0.3 is 5.11 Å². The topological polar surface area (TPSA) is 37.3 Å². The quantitative estimate of drug-likeness (QED) is 0.685. The zero-order valence-corrected chi connectivity index (χ0v) is 14.3. The summed E-state index contributed by atoms with van der Waals surface area (Å²) in [5, 5.41) is 11.2. The highest BCUT2D eigenvalue weighted by Crippen LogP contribution is 2.75. The zero-order valence-electron chi connectivity index (χ0n) is 14.3. The van der Waals surface area contributed by atoms with Gasteiger partial charge in [0, 0.05) is 17.3 Å². The van der Waals surface area contributed by atoms with E-state index in [9.17, 15) is 9.90 Å². The number of ketones is 1. The van der Waals surface area contributed by atoms with E-state index in [-0.39, 0.29) is 10.8 Å². The van der Waals surface area contributed by atoms with Crippen LogP contribution in [0.5, 0.6) is 0 Å². The van der Waals surface area contributed by atoms with Gasteiger partial charge in [0.05, 0.1) is 5.60 Å². The van der Waals surface area contributed by atoms with Crippen LogP contribution in [0.2, 0.25) is 0 Å². The first-order valence-corrected chi connectivity index (χ1v) is 9.56. The van der Waals surface area contributed by atoms with Crippen LogP contribution in [0.4, 0.5) is 0 Å². The standard InChI is InChI=1S/C21H28O2/c1-13-11-14-12-15(22)3-4-16(14)17-5-6-19(2)20(18(13)17)7-9-21(19,23)10-8-20/h7,9,12-13,16-18,23H,3-6,8,10-11H2,1-2H3/t13-,16?,17-,18-,19+,20?,21-/m1/s1. The second-order valence-electron chi connectivity index (χ2n) is 9.37. The molecule has 2 bridgehead atoms. The molecular weight excluding hydrogens is 284 g/mol. The van der Waals surface area contributed by atoms with Gasteiger partial charge in [0.1, 0.15) is 0 Å². The molecule has 23 heavy (non-hydrogen) atoms. The van der Waals surface area contributed by atoms with E-state index in [2.05, 4.69) is 26.0 Å². The van der Waals surface area contributed by atoms with Gasteiger partial charge in [-0.1, -0.05) is 31.6 Å². The van der Waals surface area contributed by atoms with Crippen LogP contribution in [0.25, 0.3) is 0 Å². The largest absolute Gasteiger partial charge is 0.385 e. The summed E-state index contributed by atoms with van der Waals surface area (Å²) in [6.45, 7) is 4.76. The van der Waals surface area contributed by atoms with Crippen molar-refractivity contribution in [2.75, 3.05) is 0 Å². The SMILES string of the molecule is C[C@@H]1CC2=CC(=O)CCC2[C@H]2CC[C@@]3(C)C4(C=C[C@@]3(O)CC4)[C@H]12. The smallest absolute Gasteiger partial charge is 0.155 e. The summed E-state index contributed by atoms with van der Waals surface area (Å²) in [6, 6.07) is 0. The summed E-state index contributed by atoms with van der Waals surface area (Å²) >= 11 is 0. The fourth-order valence-corrected chi connectivity index (χ4v) is 7.73. The minimum Gasteiger partial charge on any atom is -0.385 e. The second kappa shape index (κ2) is 4.20. The molecule has 7 atom stereocenters. The average Bonchev–Trinajstić information content (AvgIpc) is 2.88. The molecule has 2 heteroatoms. The van der Waals surface area contributed by atoms with Gasteiger partial charge in [0.25, 0.3) is 0 Å². The van der Waals surface area contributed by atoms with Gasteiger partial charge in [-0.15, -0.1) is 0 Å². The summed E-state index contributed by atoms with van der Waals surface area (Å²) in [6.07, 6.45) is 14.0. The van der Waals surface area contributed by atoms with Crippen molar-refractivity contribution in [2.24, 2.45) is 34.5 Å². The first-order valence-electron chi connectivity index (χ1n) is 9.56. The lowest BCUT2D eigenvalue weighted by Crippen LogP contribution is -2.56. The van der Waals surface area contributed by atoms with E-state index in [0.29, 0.717) is 23.5 Å². The molecule has 3 saturated carbocycles. The highest BCUT2D eigenvalue weighted by molar-refractivity contribution is 5.91. The average molecular weight is 312 g/mol. The van der Waals surface area contributed by atoms with Crippen molar-refractivity contribution >= 4 is 5.78 Å². The fraction of sp³-hybridized carbons (Fsp3) is 0.762. The summed E-state index contributed by atoms with van der Waals surface area (Å²) in [5.74, 6) is 3.01. The Morgan fingerprint density at radius 1 is 1.17 bits per heavy atom. The van der Waals surface area contributed by atoms with E-state index < -0.39 is 5.60 Å². The van der Waals surface area contributed by atoms with Crippen molar-refractivity contribution < 1.29 is 9.90 Å². The maximum atomic E-state index is 11.9. The highest BCUT2D eigenvalue weighted by Gasteiger charge is 2.72. The Kier molecular flexibility index (Phi) is 2.64. The molecular formula is C21H28O2. The van der Waals surface area contributed by atoms with Gasteiger partial charge in [-0.3, -0.25) is 4.79 Å². The number of fused-ring (bicyclic) bond motifs is 3. The zero-order chi connectivity index (χ0) is 16.0. The molecule has 0 radical (unpaired) electrons. The molecule has 0 aromatic rings. The number of carbonyl (C=O) groups is 1. The Morgan fingerprint density at radius 2 is 2.00 bits per heavy atom. The molecule has 1 N–H and O–H groups in total. The van der Waals surface area contributed by atoms with Gasteiger partial charge in [-0.25, -0.2) is 0 Å². The molecule has 0 amide bonds. The highest BCUT2D eigenvalue weighted by atomic mass is 16.3. The molecule has 0 saturated heterocycles. The molecule has 124 valence electrons. The van der Waals surface area contributed by atoms with Gasteiger partial charge in [0.2, 0.25) is 0 Å². The Hall–Kier alpha value is -0.890. The van der Waals surface area contributed by atoms with Crippen molar-refractivity contribution in [3.05, 3.63) is 23.8 Å². The maximum Gasteiger partial charge on any atom is 0.155 e. The molecule has 5 rings (SSSR count). The van der Waals surface area contributed by atoms with Gasteiger partial charge in [-0.2, -0.15) is 0 Å². The van der Waals surface area contributed by atoms with Crippen LogP contribution < -0.4 is 0 Å². The van der Waals surface area contributed by atoms with Crippen LogP contribution in [-0.2, 0) is 4.79 Å². The van der Waals surface area contributed by atoms with Crippen LogP contribution in [-0.4, -0.2) is 16.5 Å². The molecule has 3 fully saturated rings. The van der Waals surface area contributed by atoms with Crippen LogP contribution in [0.15, 0.2) is 23.8 Å². The van der Waals surface area contributed by atoms with E-state index in [1.807, 2.05) is 6.08 Å². The lowest BCUT2D eigenvalue weighted by molar-refractivity contribution is -0.127. The molecule has 5 aliphatic rings. The molecule has 0 aromatic heterocycles. The number of rotatable bonds is 0. The van der Waals surface area contributed by atoms with Gasteiger partial charge in [0.15, 0.2) is 5.78 Å². The summed E-state index contributed by atoms with van der Waals surface area (Å²) < 4.78 is 0. The summed E-state index contributed by atoms with van der Waals surface area (Å²) in [5.41, 5.74) is 1.14. The normalized spacial score (nSPS) is 56.8. The van der Waals surface area contributed by atoms with Crippen molar-refractivity contribution in [3.8, 4) is 0 Å². The number of aliphatic hydroxyl groups is 1. The third-order valence-electron chi connectivity index (χ3n) is 8.80. The number of hydrogen-bond donors (Lipinski definition) is 1. The molecule has 0 spiro atoms. The fourth-order valence-electron chi connectivity index (χ4n) is 7.73. The third-order valence-corrected chi connectivity index (χ3v) is 8.80. The van der Waals surface area contributed by atoms with Crippen LogP contribution >= 0.6 is 0 Å². The Labute approximate surface area is 139 Å². The van der Waals surface area contributed by atoms with Crippen molar-refractivity contribution in [1.82, 2.24) is 0 Å². The predicted molar refractivity (Wildman–Crippen MR) is 89.7 cm³/mol. The lowest BCUT2D eigenvalue weighted by Gasteiger charge is -2.60. The molecule has 2 nitrogen and oxygen atoms in total. The first kappa shape index (κ1) is 14.5. The van der Waals surface area contributed by atoms with Crippen molar-refractivity contribution in [3.63, 3.8) is 0 Å². The molecule has 2 unspecified atom stereocenters. The summed E-state index contributed by atoms with van der Waals surface area (Å²) in [4.78, 5) is 11.9. The van der Waals surface area contributed by atoms with Crippen LogP contribution in [0.3, 0.4) is 0 Å². The van der Waals surface area contributed by atoms with Gasteiger partial charge >= 0.3 is 0 Å². The van der Waals surface area contributed by atoms with E-state index in [1.165, 1.54) is 12.0 Å². The Morgan fingerprint density at radius 3 is 2.74 bits per heavy atom. The predicted octanol–water partition coefficient (Wildman–Crippen LogP) is 4.05. The minimum absolute atomic E-state index is 0.0428. The monoisotopic (exact) mass is 312 g/mol. The molecule has 5 aliphatic carbocycles. The first-order chi connectivity index (χ1) is 10.9. The maximum absolute atomic E-state index is 11.9. The van der Waals surface area contributed by atoms with Crippen molar-refractivity contribution in [1.29, 1.82) is 0 Å². The third kappa shape index (κ3) is 1.48. The minimum atomic E-state index is -0.559. The van der Waals surface area contributed by atoms with Crippen molar-refractivity contribution in [2.45, 2.75) is 64.4 Å². The van der Waals surface area contributed by atoms with Crippen LogP contribution in [0.1, 0.15) is 58.8 Å². The molecule has 0 heterocycles. The number of allylic oxidation sites excluding steroid dienone is 2. The molecule has 0 aliphatic heterocycles. The lowest BCUT2D eigenvalue weighted by atomic mass is 9.44. The van der Waals surface area contributed by atoms with E-state index in [4.69, 9.17) is 0 Å².